The molecule has 62 valence electrons. The van der Waals surface area contributed by atoms with E-state index < -0.39 is 5.82 Å². The van der Waals surface area contributed by atoms with Crippen molar-refractivity contribution in [3.05, 3.63) is 30.2 Å². The molecule has 2 N–H and O–H groups in total. The molecule has 1 aliphatic rings. The van der Waals surface area contributed by atoms with E-state index >= 15 is 0 Å². The number of aromatic nitrogens is 1. The second-order valence-corrected chi connectivity index (χ2v) is 2.25. The number of pyridine rings is 1. The zero-order valence-electron chi connectivity index (χ0n) is 5.91. The fraction of sp³-hybridized carbons (Fsp3) is 0. The van der Waals surface area contributed by atoms with Crippen LogP contribution < -0.4 is 10.1 Å². The topological polar surface area (TPSA) is 54.4 Å². The molecule has 0 amide bonds. The van der Waals surface area contributed by atoms with Gasteiger partial charge in [0.1, 0.15) is 11.5 Å². The van der Waals surface area contributed by atoms with Gasteiger partial charge in [0.25, 0.3) is 0 Å². The molecule has 0 atom stereocenters. The number of aliphatic hydroxyl groups excluding tert-OH is 1. The van der Waals surface area contributed by atoms with E-state index in [1.807, 2.05) is 0 Å². The molecular weight excluding hydrogens is 163 g/mol. The van der Waals surface area contributed by atoms with Gasteiger partial charge in [0.2, 0.25) is 11.8 Å². The summed E-state index contributed by atoms with van der Waals surface area (Å²) in [7, 11) is 0. The number of hydrogen-bond donors (Lipinski definition) is 2. The number of anilines is 1. The number of nitrogens with zero attached hydrogens (tertiary/aromatic N) is 1. The molecule has 2 rings (SSSR count). The molecular formula is C7H5FN2O2. The molecule has 2 heterocycles. The lowest BCUT2D eigenvalue weighted by molar-refractivity contribution is 0.357. The van der Waals surface area contributed by atoms with Gasteiger partial charge >= 0.3 is 0 Å². The first-order chi connectivity index (χ1) is 5.75. The third kappa shape index (κ3) is 1.05. The largest absolute Gasteiger partial charge is 0.492 e. The Labute approximate surface area is 67.3 Å². The molecule has 1 aromatic rings. The lowest BCUT2D eigenvalue weighted by Crippen LogP contribution is -2.08. The Morgan fingerprint density at radius 2 is 2.42 bits per heavy atom. The van der Waals surface area contributed by atoms with Gasteiger partial charge in [-0.05, 0) is 0 Å². The van der Waals surface area contributed by atoms with E-state index in [0.717, 1.165) is 12.5 Å². The molecule has 12 heavy (non-hydrogen) atoms. The first-order valence-electron chi connectivity index (χ1n) is 3.24. The van der Waals surface area contributed by atoms with Crippen molar-refractivity contribution in [2.45, 2.75) is 0 Å². The van der Waals surface area contributed by atoms with Crippen molar-refractivity contribution >= 4 is 5.69 Å². The predicted molar refractivity (Wildman–Crippen MR) is 39.2 cm³/mol. The maximum Gasteiger partial charge on any atom is 0.243 e. The molecule has 0 aliphatic carbocycles. The van der Waals surface area contributed by atoms with Gasteiger partial charge in [0, 0.05) is 6.07 Å². The monoisotopic (exact) mass is 168 g/mol. The van der Waals surface area contributed by atoms with Crippen LogP contribution in [-0.4, -0.2) is 10.1 Å². The van der Waals surface area contributed by atoms with Crippen LogP contribution in [-0.2, 0) is 0 Å². The number of fused-ring (bicyclic) bond motifs is 1. The first-order valence-corrected chi connectivity index (χ1v) is 3.24. The maximum atomic E-state index is 12.6. The smallest absolute Gasteiger partial charge is 0.243 e. The summed E-state index contributed by atoms with van der Waals surface area (Å²) in [6, 6.07) is 1.19. The molecule has 0 fully saturated rings. The maximum absolute atomic E-state index is 12.6. The van der Waals surface area contributed by atoms with Crippen LogP contribution in [0.15, 0.2) is 24.4 Å². The lowest BCUT2D eigenvalue weighted by atomic mass is 10.4. The number of ether oxygens (including phenoxy) is 1. The Morgan fingerprint density at radius 3 is 3.25 bits per heavy atom. The summed E-state index contributed by atoms with van der Waals surface area (Å²) >= 11 is 0. The zero-order chi connectivity index (χ0) is 8.55. The first kappa shape index (κ1) is 6.90. The van der Waals surface area contributed by atoms with E-state index in [1.165, 1.54) is 6.07 Å². The van der Waals surface area contributed by atoms with Crippen molar-refractivity contribution in [1.82, 2.24) is 4.98 Å². The fourth-order valence-corrected chi connectivity index (χ4v) is 0.889. The molecule has 0 unspecified atom stereocenters. The van der Waals surface area contributed by atoms with Gasteiger partial charge in [-0.25, -0.2) is 9.37 Å². The summed E-state index contributed by atoms with van der Waals surface area (Å²) in [6.07, 6.45) is 2.13. The normalized spacial score (nSPS) is 13.9. The van der Waals surface area contributed by atoms with Gasteiger partial charge in [-0.3, -0.25) is 0 Å². The average Bonchev–Trinajstić information content (AvgIpc) is 2.03. The molecule has 4 nitrogen and oxygen atoms in total. The van der Waals surface area contributed by atoms with Gasteiger partial charge in [-0.2, -0.15) is 0 Å². The summed E-state index contributed by atoms with van der Waals surface area (Å²) in [6.45, 7) is 0. The average molecular weight is 168 g/mol. The fourth-order valence-electron chi connectivity index (χ4n) is 0.889. The molecule has 1 aliphatic heterocycles. The Morgan fingerprint density at radius 1 is 1.58 bits per heavy atom. The minimum absolute atomic E-state index is 0.171. The predicted octanol–water partition coefficient (Wildman–Crippen LogP) is 1.38. The van der Waals surface area contributed by atoms with Crippen molar-refractivity contribution < 1.29 is 14.2 Å². The quantitative estimate of drug-likeness (QED) is 0.614. The van der Waals surface area contributed by atoms with Gasteiger partial charge < -0.3 is 15.2 Å². The zero-order valence-corrected chi connectivity index (χ0v) is 5.91. The summed E-state index contributed by atoms with van der Waals surface area (Å²) in [5, 5.41) is 11.4. The van der Waals surface area contributed by atoms with Crippen LogP contribution in [0.2, 0.25) is 0 Å². The molecule has 0 saturated carbocycles. The number of rotatable bonds is 0. The standard InChI is InChI=1S/C7H5FN2O2/c8-4-1-5-7(9-2-4)12-3-6(11)10-5/h1-3,10-11H. The minimum Gasteiger partial charge on any atom is -0.492 e. The highest BCUT2D eigenvalue weighted by atomic mass is 19.1. The summed E-state index contributed by atoms with van der Waals surface area (Å²) in [4.78, 5) is 3.64. The third-order valence-electron chi connectivity index (χ3n) is 1.36. The Balaban J connectivity index is 2.43. The highest BCUT2D eigenvalue weighted by Gasteiger charge is 2.12. The Kier molecular flexibility index (Phi) is 1.36. The lowest BCUT2D eigenvalue weighted by Gasteiger charge is -2.13. The summed E-state index contributed by atoms with van der Waals surface area (Å²) in [5.41, 5.74) is 0.315. The minimum atomic E-state index is -0.487. The molecule has 1 aromatic heterocycles. The van der Waals surface area contributed by atoms with Crippen LogP contribution in [0, 0.1) is 5.82 Å². The van der Waals surface area contributed by atoms with Crippen molar-refractivity contribution in [2.24, 2.45) is 0 Å². The van der Waals surface area contributed by atoms with Crippen LogP contribution in [0.25, 0.3) is 0 Å². The molecule has 0 saturated heterocycles. The summed E-state index contributed by atoms with van der Waals surface area (Å²) in [5.74, 6) is -0.413. The number of hydrogen-bond acceptors (Lipinski definition) is 4. The summed E-state index contributed by atoms with van der Waals surface area (Å²) < 4.78 is 17.4. The number of halogens is 1. The van der Waals surface area contributed by atoms with E-state index in [2.05, 4.69) is 10.3 Å². The second kappa shape index (κ2) is 2.37. The van der Waals surface area contributed by atoms with Crippen LogP contribution in [0.3, 0.4) is 0 Å². The molecule has 0 spiro atoms. The van der Waals surface area contributed by atoms with Crippen LogP contribution in [0.1, 0.15) is 0 Å². The Bertz CT molecular complexity index is 351. The number of nitrogens with one attached hydrogen (secondary N) is 1. The van der Waals surface area contributed by atoms with Gasteiger partial charge in [0.15, 0.2) is 6.26 Å². The van der Waals surface area contributed by atoms with E-state index in [4.69, 9.17) is 9.84 Å². The van der Waals surface area contributed by atoms with Gasteiger partial charge in [-0.1, -0.05) is 0 Å². The van der Waals surface area contributed by atoms with Crippen molar-refractivity contribution in [3.63, 3.8) is 0 Å². The van der Waals surface area contributed by atoms with Crippen LogP contribution >= 0.6 is 0 Å². The van der Waals surface area contributed by atoms with E-state index in [0.29, 0.717) is 5.69 Å². The van der Waals surface area contributed by atoms with E-state index in [-0.39, 0.29) is 11.8 Å². The molecule has 0 radical (unpaired) electrons. The highest BCUT2D eigenvalue weighted by Crippen LogP contribution is 2.26. The van der Waals surface area contributed by atoms with Crippen LogP contribution in [0.5, 0.6) is 5.88 Å². The van der Waals surface area contributed by atoms with Crippen LogP contribution in [0.4, 0.5) is 10.1 Å². The number of aliphatic hydroxyl groups is 1. The van der Waals surface area contributed by atoms with Crippen molar-refractivity contribution in [2.75, 3.05) is 5.32 Å². The molecule has 0 aromatic carbocycles. The van der Waals surface area contributed by atoms with Gasteiger partial charge in [-0.15, -0.1) is 0 Å². The van der Waals surface area contributed by atoms with E-state index in [9.17, 15) is 4.39 Å². The van der Waals surface area contributed by atoms with Gasteiger partial charge in [0.05, 0.1) is 6.20 Å². The highest BCUT2D eigenvalue weighted by molar-refractivity contribution is 5.57. The molecule has 5 heteroatoms. The molecule has 0 bridgehead atoms. The van der Waals surface area contributed by atoms with Crippen molar-refractivity contribution in [3.8, 4) is 5.88 Å². The Hall–Kier alpha value is -1.78. The third-order valence-corrected chi connectivity index (χ3v) is 1.36. The van der Waals surface area contributed by atoms with E-state index in [1.54, 1.807) is 0 Å². The second-order valence-electron chi connectivity index (χ2n) is 2.25. The SMILES string of the molecule is OC1=COc2ncc(F)cc2N1. The van der Waals surface area contributed by atoms with Crippen molar-refractivity contribution in [1.29, 1.82) is 0 Å².